The van der Waals surface area contributed by atoms with Crippen LogP contribution in [-0.4, -0.2) is 27.8 Å². The van der Waals surface area contributed by atoms with Crippen LogP contribution in [0, 0.1) is 11.3 Å². The molecular weight excluding hydrogens is 250 g/mol. The summed E-state index contributed by atoms with van der Waals surface area (Å²) in [6, 6.07) is 7.44. The van der Waals surface area contributed by atoms with Gasteiger partial charge in [-0.1, -0.05) is 0 Å². The minimum absolute atomic E-state index is 0.326. The number of rotatable bonds is 6. The number of nitrogens with one attached hydrogen (secondary N) is 2. The molecule has 18 heavy (non-hydrogen) atoms. The Kier molecular flexibility index (Phi) is 5.13. The molecule has 1 aromatic carbocycles. The van der Waals surface area contributed by atoms with Crippen LogP contribution in [0.1, 0.15) is 18.1 Å². The van der Waals surface area contributed by atoms with Crippen molar-refractivity contribution >= 4 is 15.7 Å². The minimum atomic E-state index is -3.17. The normalized spacial score (nSPS) is 10.9. The van der Waals surface area contributed by atoms with E-state index in [1.807, 2.05) is 13.0 Å². The Bertz CT molecular complexity index is 547. The summed E-state index contributed by atoms with van der Waals surface area (Å²) >= 11 is 0. The van der Waals surface area contributed by atoms with Crippen LogP contribution in [0.3, 0.4) is 0 Å². The number of sulfonamides is 1. The van der Waals surface area contributed by atoms with Crippen LogP contribution in [0.2, 0.25) is 0 Å². The van der Waals surface area contributed by atoms with Crippen LogP contribution in [0.4, 0.5) is 5.69 Å². The average molecular weight is 267 g/mol. The predicted molar refractivity (Wildman–Crippen MR) is 71.9 cm³/mol. The zero-order chi connectivity index (χ0) is 13.6. The summed E-state index contributed by atoms with van der Waals surface area (Å²) in [6.45, 7) is 3.08. The van der Waals surface area contributed by atoms with Gasteiger partial charge in [-0.25, -0.2) is 13.1 Å². The fourth-order valence-electron chi connectivity index (χ4n) is 1.60. The maximum Gasteiger partial charge on any atom is 0.208 e. The molecule has 6 heteroatoms. The zero-order valence-electron chi connectivity index (χ0n) is 10.5. The number of nitriles is 1. The van der Waals surface area contributed by atoms with Crippen molar-refractivity contribution in [3.05, 3.63) is 29.3 Å². The molecule has 5 nitrogen and oxygen atoms in total. The standard InChI is InChI=1S/C12H17N3O2S/c1-3-14-12-5-4-10(9-13)8-11(12)6-7-15-18(2,16)17/h4-5,8,14-15H,3,6-7H2,1-2H3. The Labute approximate surface area is 108 Å². The lowest BCUT2D eigenvalue weighted by Gasteiger charge is -2.11. The summed E-state index contributed by atoms with van der Waals surface area (Å²) in [5, 5.41) is 12.0. The Morgan fingerprint density at radius 3 is 2.67 bits per heavy atom. The van der Waals surface area contributed by atoms with E-state index in [0.717, 1.165) is 24.1 Å². The minimum Gasteiger partial charge on any atom is -0.385 e. The van der Waals surface area contributed by atoms with Gasteiger partial charge in [0, 0.05) is 18.8 Å². The first-order valence-corrected chi connectivity index (χ1v) is 7.57. The second-order valence-electron chi connectivity index (χ2n) is 3.93. The fraction of sp³-hybridized carbons (Fsp3) is 0.417. The van der Waals surface area contributed by atoms with Crippen LogP contribution < -0.4 is 10.0 Å². The van der Waals surface area contributed by atoms with Gasteiger partial charge in [-0.2, -0.15) is 5.26 Å². The van der Waals surface area contributed by atoms with Crippen molar-refractivity contribution in [2.24, 2.45) is 0 Å². The molecule has 0 saturated carbocycles. The van der Waals surface area contributed by atoms with Gasteiger partial charge in [-0.15, -0.1) is 0 Å². The second-order valence-corrected chi connectivity index (χ2v) is 5.76. The average Bonchev–Trinajstić information content (AvgIpc) is 2.30. The Morgan fingerprint density at radius 1 is 1.39 bits per heavy atom. The van der Waals surface area contributed by atoms with E-state index < -0.39 is 10.0 Å². The molecule has 0 aliphatic carbocycles. The van der Waals surface area contributed by atoms with E-state index in [1.165, 1.54) is 0 Å². The SMILES string of the molecule is CCNc1ccc(C#N)cc1CCNS(C)(=O)=O. The molecule has 1 rings (SSSR count). The van der Waals surface area contributed by atoms with Crippen molar-refractivity contribution in [1.29, 1.82) is 5.26 Å². The van der Waals surface area contributed by atoms with E-state index in [9.17, 15) is 8.42 Å². The second kappa shape index (κ2) is 6.38. The van der Waals surface area contributed by atoms with E-state index in [-0.39, 0.29) is 0 Å². The number of hydrogen-bond acceptors (Lipinski definition) is 4. The van der Waals surface area contributed by atoms with Gasteiger partial charge in [-0.05, 0) is 37.1 Å². The summed E-state index contributed by atoms with van der Waals surface area (Å²) in [6.07, 6.45) is 1.68. The molecule has 0 aliphatic heterocycles. The summed E-state index contributed by atoms with van der Waals surface area (Å²) < 4.78 is 24.4. The van der Waals surface area contributed by atoms with Crippen molar-refractivity contribution in [1.82, 2.24) is 4.72 Å². The lowest BCUT2D eigenvalue weighted by Crippen LogP contribution is -2.24. The molecule has 1 aromatic rings. The van der Waals surface area contributed by atoms with E-state index in [0.29, 0.717) is 18.5 Å². The Hall–Kier alpha value is -1.58. The fourth-order valence-corrected chi connectivity index (χ4v) is 2.08. The Morgan fingerprint density at radius 2 is 2.11 bits per heavy atom. The van der Waals surface area contributed by atoms with Crippen LogP contribution in [-0.2, 0) is 16.4 Å². The largest absolute Gasteiger partial charge is 0.385 e. The van der Waals surface area contributed by atoms with Crippen molar-refractivity contribution in [3.63, 3.8) is 0 Å². The quantitative estimate of drug-likeness (QED) is 0.808. The van der Waals surface area contributed by atoms with Crippen LogP contribution in [0.5, 0.6) is 0 Å². The van der Waals surface area contributed by atoms with Gasteiger partial charge in [0.25, 0.3) is 0 Å². The molecule has 98 valence electrons. The smallest absolute Gasteiger partial charge is 0.208 e. The van der Waals surface area contributed by atoms with Gasteiger partial charge in [0.05, 0.1) is 17.9 Å². The Balaban J connectivity index is 2.81. The van der Waals surface area contributed by atoms with E-state index in [4.69, 9.17) is 5.26 Å². The van der Waals surface area contributed by atoms with Gasteiger partial charge in [0.2, 0.25) is 10.0 Å². The number of benzene rings is 1. The number of hydrogen-bond donors (Lipinski definition) is 2. The highest BCUT2D eigenvalue weighted by Crippen LogP contribution is 2.17. The first-order valence-electron chi connectivity index (χ1n) is 5.68. The third-order valence-electron chi connectivity index (χ3n) is 2.36. The van der Waals surface area contributed by atoms with Crippen LogP contribution in [0.25, 0.3) is 0 Å². The maximum absolute atomic E-state index is 11.0. The molecule has 0 amide bonds. The van der Waals surface area contributed by atoms with Gasteiger partial charge >= 0.3 is 0 Å². The predicted octanol–water partition coefficient (Wildman–Crippen LogP) is 1.08. The molecule has 0 spiro atoms. The molecule has 2 N–H and O–H groups in total. The number of anilines is 1. The maximum atomic E-state index is 11.0. The highest BCUT2D eigenvalue weighted by molar-refractivity contribution is 7.88. The van der Waals surface area contributed by atoms with E-state index in [2.05, 4.69) is 16.1 Å². The monoisotopic (exact) mass is 267 g/mol. The molecule has 0 aliphatic rings. The van der Waals surface area contributed by atoms with Crippen LogP contribution in [0.15, 0.2) is 18.2 Å². The summed E-state index contributed by atoms with van der Waals surface area (Å²) in [5.41, 5.74) is 2.45. The molecule has 0 bridgehead atoms. The molecule has 0 aromatic heterocycles. The summed E-state index contributed by atoms with van der Waals surface area (Å²) in [4.78, 5) is 0. The van der Waals surface area contributed by atoms with Gasteiger partial charge in [0.1, 0.15) is 0 Å². The zero-order valence-corrected chi connectivity index (χ0v) is 11.3. The van der Waals surface area contributed by atoms with Crippen molar-refractivity contribution < 1.29 is 8.42 Å². The molecule has 0 radical (unpaired) electrons. The molecule has 0 unspecified atom stereocenters. The van der Waals surface area contributed by atoms with E-state index >= 15 is 0 Å². The van der Waals surface area contributed by atoms with Crippen molar-refractivity contribution in [2.45, 2.75) is 13.3 Å². The number of nitrogens with zero attached hydrogens (tertiary/aromatic N) is 1. The van der Waals surface area contributed by atoms with Gasteiger partial charge in [0.15, 0.2) is 0 Å². The lowest BCUT2D eigenvalue weighted by molar-refractivity contribution is 0.588. The van der Waals surface area contributed by atoms with Crippen molar-refractivity contribution in [2.75, 3.05) is 24.7 Å². The third kappa shape index (κ3) is 4.73. The summed E-state index contributed by atoms with van der Waals surface area (Å²) in [7, 11) is -3.17. The topological polar surface area (TPSA) is 82.0 Å². The van der Waals surface area contributed by atoms with E-state index in [1.54, 1.807) is 12.1 Å². The lowest BCUT2D eigenvalue weighted by atomic mass is 10.1. The summed E-state index contributed by atoms with van der Waals surface area (Å²) in [5.74, 6) is 0. The highest BCUT2D eigenvalue weighted by Gasteiger charge is 2.05. The van der Waals surface area contributed by atoms with Crippen LogP contribution >= 0.6 is 0 Å². The first kappa shape index (κ1) is 14.5. The third-order valence-corrected chi connectivity index (χ3v) is 3.09. The molecule has 0 heterocycles. The van der Waals surface area contributed by atoms with Crippen molar-refractivity contribution in [3.8, 4) is 6.07 Å². The molecule has 0 atom stereocenters. The first-order chi connectivity index (χ1) is 8.46. The van der Waals surface area contributed by atoms with Gasteiger partial charge < -0.3 is 5.32 Å². The highest BCUT2D eigenvalue weighted by atomic mass is 32.2. The van der Waals surface area contributed by atoms with Gasteiger partial charge in [-0.3, -0.25) is 0 Å². The molecule has 0 fully saturated rings. The molecular formula is C12H17N3O2S. The molecule has 0 saturated heterocycles.